The second-order valence-corrected chi connectivity index (χ2v) is 5.02. The second kappa shape index (κ2) is 6.06. The van der Waals surface area contributed by atoms with Crippen molar-refractivity contribution < 1.29 is 0 Å². The molecule has 1 saturated heterocycles. The molecular weight excluding hydrogens is 246 g/mol. The van der Waals surface area contributed by atoms with Gasteiger partial charge in [-0.05, 0) is 25.4 Å². The lowest BCUT2D eigenvalue weighted by Gasteiger charge is -2.13. The summed E-state index contributed by atoms with van der Waals surface area (Å²) < 4.78 is 0. The highest BCUT2D eigenvalue weighted by Crippen LogP contribution is 2.16. The Hall–Kier alpha value is -1.27. The lowest BCUT2D eigenvalue weighted by atomic mass is 10.1. The largest absolute Gasteiger partial charge is 0.388 e. The van der Waals surface area contributed by atoms with Gasteiger partial charge in [0.2, 0.25) is 0 Å². The summed E-state index contributed by atoms with van der Waals surface area (Å²) >= 11 is 4.83. The maximum absolute atomic E-state index is 5.47. The van der Waals surface area contributed by atoms with E-state index < -0.39 is 0 Å². The highest BCUT2D eigenvalue weighted by molar-refractivity contribution is 7.80. The molecule has 3 N–H and O–H groups in total. The van der Waals surface area contributed by atoms with Crippen molar-refractivity contribution in [2.45, 2.75) is 13.3 Å². The Bertz CT molecular complexity index is 405. The van der Waals surface area contributed by atoms with Crippen LogP contribution in [-0.2, 0) is 0 Å². The van der Waals surface area contributed by atoms with Gasteiger partial charge in [-0.3, -0.25) is 0 Å². The number of thiocarbonyl (C=S) groups is 1. The zero-order valence-corrected chi connectivity index (χ0v) is 11.4. The molecule has 0 bridgehead atoms. The van der Waals surface area contributed by atoms with E-state index in [0.29, 0.717) is 11.6 Å². The van der Waals surface area contributed by atoms with Crippen LogP contribution in [0.2, 0.25) is 0 Å². The van der Waals surface area contributed by atoms with Gasteiger partial charge in [0.1, 0.15) is 16.5 Å². The minimum Gasteiger partial charge on any atom is -0.388 e. The highest BCUT2D eigenvalue weighted by Gasteiger charge is 2.20. The average molecular weight is 265 g/mol. The Kier molecular flexibility index (Phi) is 4.43. The summed E-state index contributed by atoms with van der Waals surface area (Å²) in [4.78, 5) is 11.1. The van der Waals surface area contributed by atoms with Crippen LogP contribution in [0.1, 0.15) is 19.0 Å². The first-order valence-corrected chi connectivity index (χ1v) is 6.68. The van der Waals surface area contributed by atoms with Crippen LogP contribution in [0.5, 0.6) is 0 Å². The standard InChI is InChI=1S/C12H19N5S/c1-2-17-4-3-9(8-17)5-15-11-7-14-10(6-16-11)12(13)18/h6-7,9H,2-5,8H2,1H3,(H2,13,18)(H,15,16). The quantitative estimate of drug-likeness (QED) is 0.770. The number of anilines is 1. The molecule has 1 fully saturated rings. The van der Waals surface area contributed by atoms with Gasteiger partial charge in [0, 0.05) is 13.1 Å². The van der Waals surface area contributed by atoms with Gasteiger partial charge in [0.05, 0.1) is 12.4 Å². The molecule has 1 aliphatic heterocycles. The average Bonchev–Trinajstić information content (AvgIpc) is 2.85. The number of nitrogens with zero attached hydrogens (tertiary/aromatic N) is 3. The third-order valence-corrected chi connectivity index (χ3v) is 3.50. The van der Waals surface area contributed by atoms with Gasteiger partial charge < -0.3 is 16.0 Å². The minimum atomic E-state index is 0.281. The van der Waals surface area contributed by atoms with E-state index in [0.717, 1.165) is 18.9 Å². The van der Waals surface area contributed by atoms with E-state index in [-0.39, 0.29) is 4.99 Å². The number of hydrogen-bond donors (Lipinski definition) is 2. The van der Waals surface area contributed by atoms with Crippen molar-refractivity contribution in [3.8, 4) is 0 Å². The molecule has 1 unspecified atom stereocenters. The second-order valence-electron chi connectivity index (χ2n) is 4.58. The summed E-state index contributed by atoms with van der Waals surface area (Å²) in [5, 5.41) is 3.31. The number of likely N-dealkylation sites (tertiary alicyclic amines) is 1. The fraction of sp³-hybridized carbons (Fsp3) is 0.583. The van der Waals surface area contributed by atoms with Crippen LogP contribution in [0.3, 0.4) is 0 Å². The Labute approximate surface area is 113 Å². The number of hydrogen-bond acceptors (Lipinski definition) is 5. The van der Waals surface area contributed by atoms with Crippen molar-refractivity contribution in [2.24, 2.45) is 11.7 Å². The number of nitrogens with two attached hydrogens (primary N) is 1. The van der Waals surface area contributed by atoms with Gasteiger partial charge in [-0.2, -0.15) is 0 Å². The summed E-state index contributed by atoms with van der Waals surface area (Å²) in [6.45, 7) is 6.66. The molecule has 1 aliphatic rings. The normalized spacial score (nSPS) is 19.9. The van der Waals surface area contributed by atoms with Crippen molar-refractivity contribution in [3.63, 3.8) is 0 Å². The van der Waals surface area contributed by atoms with Gasteiger partial charge in [0.25, 0.3) is 0 Å². The molecule has 1 atom stereocenters. The summed E-state index contributed by atoms with van der Waals surface area (Å²) in [5.74, 6) is 1.48. The molecule has 6 heteroatoms. The first-order chi connectivity index (χ1) is 8.69. The monoisotopic (exact) mass is 265 g/mol. The molecular formula is C12H19N5S. The third kappa shape index (κ3) is 3.36. The van der Waals surface area contributed by atoms with Gasteiger partial charge >= 0.3 is 0 Å². The van der Waals surface area contributed by atoms with E-state index in [1.54, 1.807) is 12.4 Å². The topological polar surface area (TPSA) is 67.1 Å². The van der Waals surface area contributed by atoms with Crippen LogP contribution >= 0.6 is 12.2 Å². The van der Waals surface area contributed by atoms with Crippen LogP contribution in [0.4, 0.5) is 5.82 Å². The summed E-state index contributed by atoms with van der Waals surface area (Å²) in [6, 6.07) is 0. The van der Waals surface area contributed by atoms with Crippen molar-refractivity contribution in [1.29, 1.82) is 0 Å². The molecule has 1 aromatic rings. The van der Waals surface area contributed by atoms with E-state index in [1.165, 1.54) is 19.5 Å². The zero-order chi connectivity index (χ0) is 13.0. The summed E-state index contributed by atoms with van der Waals surface area (Å²) in [7, 11) is 0. The summed E-state index contributed by atoms with van der Waals surface area (Å²) in [6.07, 6.45) is 4.54. The van der Waals surface area contributed by atoms with Crippen molar-refractivity contribution in [2.75, 3.05) is 31.5 Å². The summed E-state index contributed by atoms with van der Waals surface area (Å²) in [5.41, 5.74) is 6.03. The van der Waals surface area contributed by atoms with Crippen molar-refractivity contribution in [1.82, 2.24) is 14.9 Å². The van der Waals surface area contributed by atoms with Gasteiger partial charge in [-0.1, -0.05) is 19.1 Å². The molecule has 2 rings (SSSR count). The number of rotatable bonds is 5. The SMILES string of the molecule is CCN1CCC(CNc2cnc(C(N)=S)cn2)C1. The van der Waals surface area contributed by atoms with Gasteiger partial charge in [-0.25, -0.2) is 9.97 Å². The van der Waals surface area contributed by atoms with Gasteiger partial charge in [-0.15, -0.1) is 0 Å². The van der Waals surface area contributed by atoms with Crippen LogP contribution < -0.4 is 11.1 Å². The van der Waals surface area contributed by atoms with E-state index >= 15 is 0 Å². The molecule has 0 aliphatic carbocycles. The molecule has 5 nitrogen and oxygen atoms in total. The zero-order valence-electron chi connectivity index (χ0n) is 10.6. The maximum atomic E-state index is 5.47. The molecule has 0 radical (unpaired) electrons. The van der Waals surface area contributed by atoms with E-state index in [2.05, 4.69) is 27.1 Å². The number of aromatic nitrogens is 2. The number of nitrogens with one attached hydrogen (secondary N) is 1. The highest BCUT2D eigenvalue weighted by atomic mass is 32.1. The van der Waals surface area contributed by atoms with E-state index in [4.69, 9.17) is 18.0 Å². The lowest BCUT2D eigenvalue weighted by Crippen LogP contribution is -2.22. The first kappa shape index (κ1) is 13.2. The van der Waals surface area contributed by atoms with Crippen LogP contribution in [0.15, 0.2) is 12.4 Å². The van der Waals surface area contributed by atoms with Gasteiger partial charge in [0.15, 0.2) is 0 Å². The Morgan fingerprint density at radius 3 is 2.94 bits per heavy atom. The molecule has 0 saturated carbocycles. The fourth-order valence-electron chi connectivity index (χ4n) is 2.16. The smallest absolute Gasteiger partial charge is 0.144 e. The Morgan fingerprint density at radius 1 is 1.56 bits per heavy atom. The molecule has 2 heterocycles. The molecule has 98 valence electrons. The molecule has 0 spiro atoms. The van der Waals surface area contributed by atoms with E-state index in [1.807, 2.05) is 0 Å². The molecule has 0 aromatic carbocycles. The third-order valence-electron chi connectivity index (χ3n) is 3.29. The predicted octanol–water partition coefficient (Wildman–Crippen LogP) is 0.864. The van der Waals surface area contributed by atoms with Crippen LogP contribution in [-0.4, -0.2) is 46.0 Å². The fourth-order valence-corrected chi connectivity index (χ4v) is 2.27. The lowest BCUT2D eigenvalue weighted by molar-refractivity contribution is 0.345. The van der Waals surface area contributed by atoms with Crippen molar-refractivity contribution >= 4 is 23.0 Å². The van der Waals surface area contributed by atoms with E-state index in [9.17, 15) is 0 Å². The Balaban J connectivity index is 1.82. The minimum absolute atomic E-state index is 0.281. The first-order valence-electron chi connectivity index (χ1n) is 6.27. The van der Waals surface area contributed by atoms with Crippen LogP contribution in [0.25, 0.3) is 0 Å². The molecule has 0 amide bonds. The molecule has 18 heavy (non-hydrogen) atoms. The molecule has 1 aromatic heterocycles. The van der Waals surface area contributed by atoms with Crippen molar-refractivity contribution in [3.05, 3.63) is 18.1 Å². The predicted molar refractivity (Wildman–Crippen MR) is 76.6 cm³/mol. The Morgan fingerprint density at radius 2 is 2.39 bits per heavy atom. The van der Waals surface area contributed by atoms with Crippen LogP contribution in [0, 0.1) is 5.92 Å². The maximum Gasteiger partial charge on any atom is 0.144 e.